The fourth-order valence-electron chi connectivity index (χ4n) is 2.09. The molecule has 2 nitrogen and oxygen atoms in total. The lowest BCUT2D eigenvalue weighted by atomic mass is 9.96. The zero-order chi connectivity index (χ0) is 13.5. The second kappa shape index (κ2) is 8.00. The monoisotopic (exact) mass is 289 g/mol. The van der Waals surface area contributed by atoms with Crippen LogP contribution in [0.2, 0.25) is 10.0 Å². The van der Waals surface area contributed by atoms with Gasteiger partial charge in [-0.05, 0) is 43.5 Å². The van der Waals surface area contributed by atoms with Crippen LogP contribution < -0.4 is 5.32 Å². The van der Waals surface area contributed by atoms with Crippen LogP contribution in [0.4, 0.5) is 0 Å². The number of hydrogen-bond acceptors (Lipinski definition) is 2. The third-order valence-corrected chi connectivity index (χ3v) is 3.61. The van der Waals surface area contributed by atoms with Crippen LogP contribution in [-0.2, 0) is 11.2 Å². The van der Waals surface area contributed by atoms with E-state index >= 15 is 0 Å². The second-order valence-electron chi connectivity index (χ2n) is 4.72. The van der Waals surface area contributed by atoms with Crippen molar-refractivity contribution in [3.63, 3.8) is 0 Å². The average Bonchev–Trinajstić information content (AvgIpc) is 2.31. The predicted octanol–water partition coefficient (Wildman–Crippen LogP) is 3.80. The van der Waals surface area contributed by atoms with E-state index in [2.05, 4.69) is 12.2 Å². The molecule has 0 aromatic heterocycles. The van der Waals surface area contributed by atoms with Gasteiger partial charge in [0.2, 0.25) is 0 Å². The minimum atomic E-state index is 0.397. The first-order valence-electron chi connectivity index (χ1n) is 6.17. The molecule has 0 spiro atoms. The zero-order valence-corrected chi connectivity index (χ0v) is 12.7. The van der Waals surface area contributed by atoms with E-state index in [1.165, 1.54) is 0 Å². The molecule has 0 aliphatic rings. The molecule has 0 saturated heterocycles. The van der Waals surface area contributed by atoms with Gasteiger partial charge in [0, 0.05) is 29.8 Å². The summed E-state index contributed by atoms with van der Waals surface area (Å²) in [5, 5.41) is 4.75. The Morgan fingerprint density at radius 3 is 2.61 bits per heavy atom. The maximum Gasteiger partial charge on any atom is 0.0488 e. The third-order valence-electron chi connectivity index (χ3n) is 3.03. The molecule has 1 N–H and O–H groups in total. The summed E-state index contributed by atoms with van der Waals surface area (Å²) >= 11 is 12.1. The number of hydrogen-bond donors (Lipinski definition) is 1. The normalized spacial score (nSPS) is 14.5. The van der Waals surface area contributed by atoms with Crippen LogP contribution in [0.3, 0.4) is 0 Å². The van der Waals surface area contributed by atoms with E-state index in [0.717, 1.165) is 30.0 Å². The van der Waals surface area contributed by atoms with Crippen molar-refractivity contribution >= 4 is 23.2 Å². The van der Waals surface area contributed by atoms with Gasteiger partial charge in [0.1, 0.15) is 0 Å². The van der Waals surface area contributed by atoms with Gasteiger partial charge in [-0.15, -0.1) is 0 Å². The molecule has 1 aromatic rings. The van der Waals surface area contributed by atoms with Gasteiger partial charge in [0.25, 0.3) is 0 Å². The number of rotatable bonds is 7. The molecule has 0 saturated carbocycles. The summed E-state index contributed by atoms with van der Waals surface area (Å²) in [5.74, 6) is 0.526. The quantitative estimate of drug-likeness (QED) is 0.824. The van der Waals surface area contributed by atoms with Crippen LogP contribution in [0, 0.1) is 5.92 Å². The molecular formula is C14H21Cl2NO. The van der Waals surface area contributed by atoms with Crippen LogP contribution in [0.25, 0.3) is 0 Å². The minimum Gasteiger partial charge on any atom is -0.384 e. The summed E-state index contributed by atoms with van der Waals surface area (Å²) in [6.07, 6.45) is 1.96. The molecule has 1 rings (SSSR count). The Kier molecular flexibility index (Phi) is 7.02. The highest BCUT2D eigenvalue weighted by Crippen LogP contribution is 2.23. The molecule has 0 aliphatic carbocycles. The number of halogens is 2. The first-order chi connectivity index (χ1) is 8.56. The molecule has 2 unspecified atom stereocenters. The van der Waals surface area contributed by atoms with Gasteiger partial charge in [0.15, 0.2) is 0 Å². The molecule has 1 aromatic carbocycles. The lowest BCUT2D eigenvalue weighted by molar-refractivity contribution is 0.150. The summed E-state index contributed by atoms with van der Waals surface area (Å²) in [4.78, 5) is 0. The van der Waals surface area contributed by atoms with Crippen molar-refractivity contribution in [1.29, 1.82) is 0 Å². The Morgan fingerprint density at radius 1 is 1.33 bits per heavy atom. The minimum absolute atomic E-state index is 0.397. The average molecular weight is 290 g/mol. The Morgan fingerprint density at radius 2 is 2.06 bits per heavy atom. The van der Waals surface area contributed by atoms with Crippen LogP contribution in [0.15, 0.2) is 18.2 Å². The number of ether oxygens (including phenoxy) is 1. The van der Waals surface area contributed by atoms with E-state index in [0.29, 0.717) is 17.0 Å². The summed E-state index contributed by atoms with van der Waals surface area (Å²) in [6.45, 7) is 2.98. The highest BCUT2D eigenvalue weighted by Gasteiger charge is 2.13. The van der Waals surface area contributed by atoms with Gasteiger partial charge in [-0.25, -0.2) is 0 Å². The van der Waals surface area contributed by atoms with E-state index < -0.39 is 0 Å². The van der Waals surface area contributed by atoms with E-state index in [1.54, 1.807) is 13.2 Å². The van der Waals surface area contributed by atoms with Crippen molar-refractivity contribution in [2.75, 3.05) is 20.8 Å². The topological polar surface area (TPSA) is 21.3 Å². The Hall–Kier alpha value is -0.280. The van der Waals surface area contributed by atoms with Crippen LogP contribution in [0.1, 0.15) is 18.9 Å². The summed E-state index contributed by atoms with van der Waals surface area (Å²) in [7, 11) is 3.72. The fraction of sp³-hybridized carbons (Fsp3) is 0.571. The maximum atomic E-state index is 6.19. The van der Waals surface area contributed by atoms with E-state index in [1.807, 2.05) is 19.2 Å². The summed E-state index contributed by atoms with van der Waals surface area (Å²) in [6, 6.07) is 6.07. The van der Waals surface area contributed by atoms with Crippen molar-refractivity contribution in [1.82, 2.24) is 5.32 Å². The zero-order valence-electron chi connectivity index (χ0n) is 11.2. The molecule has 0 fully saturated rings. The van der Waals surface area contributed by atoms with Crippen molar-refractivity contribution in [2.24, 2.45) is 5.92 Å². The standard InChI is InChI=1S/C14H21Cl2NO/c1-10(9-18-3)6-13(17-2)7-11-4-5-12(15)8-14(11)16/h4-5,8,10,13,17H,6-7,9H2,1-3H3. The third kappa shape index (κ3) is 5.15. The van der Waals surface area contributed by atoms with Gasteiger partial charge in [-0.2, -0.15) is 0 Å². The molecule has 0 bridgehead atoms. The Bertz CT molecular complexity index is 371. The van der Waals surface area contributed by atoms with Crippen LogP contribution >= 0.6 is 23.2 Å². The largest absolute Gasteiger partial charge is 0.384 e. The predicted molar refractivity (Wildman–Crippen MR) is 78.7 cm³/mol. The molecule has 0 aliphatic heterocycles. The SMILES string of the molecule is CNC(Cc1ccc(Cl)cc1Cl)CC(C)COC. The highest BCUT2D eigenvalue weighted by molar-refractivity contribution is 6.35. The number of nitrogens with one attached hydrogen (secondary N) is 1. The number of benzene rings is 1. The maximum absolute atomic E-state index is 6.19. The molecule has 0 heterocycles. The lowest BCUT2D eigenvalue weighted by Crippen LogP contribution is -2.30. The van der Waals surface area contributed by atoms with Crippen LogP contribution in [-0.4, -0.2) is 26.8 Å². The molecular weight excluding hydrogens is 269 g/mol. The molecule has 102 valence electrons. The second-order valence-corrected chi connectivity index (χ2v) is 5.57. The number of likely N-dealkylation sites (N-methyl/N-ethyl adjacent to an activating group) is 1. The summed E-state index contributed by atoms with van der Waals surface area (Å²) < 4.78 is 5.17. The molecule has 4 heteroatoms. The van der Waals surface area contributed by atoms with Gasteiger partial charge in [-0.3, -0.25) is 0 Å². The smallest absolute Gasteiger partial charge is 0.0488 e. The van der Waals surface area contributed by atoms with Gasteiger partial charge in [0.05, 0.1) is 0 Å². The van der Waals surface area contributed by atoms with Gasteiger partial charge >= 0.3 is 0 Å². The van der Waals surface area contributed by atoms with Crippen molar-refractivity contribution in [2.45, 2.75) is 25.8 Å². The molecule has 0 amide bonds. The van der Waals surface area contributed by atoms with Crippen molar-refractivity contribution in [3.05, 3.63) is 33.8 Å². The van der Waals surface area contributed by atoms with Crippen molar-refractivity contribution < 1.29 is 4.74 Å². The van der Waals surface area contributed by atoms with Gasteiger partial charge in [-0.1, -0.05) is 36.2 Å². The van der Waals surface area contributed by atoms with E-state index in [4.69, 9.17) is 27.9 Å². The Balaban J connectivity index is 2.62. The van der Waals surface area contributed by atoms with E-state index in [9.17, 15) is 0 Å². The van der Waals surface area contributed by atoms with E-state index in [-0.39, 0.29) is 0 Å². The number of methoxy groups -OCH3 is 1. The van der Waals surface area contributed by atoms with Crippen LogP contribution in [0.5, 0.6) is 0 Å². The fourth-order valence-corrected chi connectivity index (χ4v) is 2.58. The molecule has 0 radical (unpaired) electrons. The molecule has 18 heavy (non-hydrogen) atoms. The highest BCUT2D eigenvalue weighted by atomic mass is 35.5. The first-order valence-corrected chi connectivity index (χ1v) is 6.92. The first kappa shape index (κ1) is 15.8. The summed E-state index contributed by atoms with van der Waals surface area (Å²) in [5.41, 5.74) is 1.13. The lowest BCUT2D eigenvalue weighted by Gasteiger charge is -2.20. The molecule has 2 atom stereocenters. The Labute approximate surface area is 120 Å². The van der Waals surface area contributed by atoms with Crippen molar-refractivity contribution in [3.8, 4) is 0 Å². The van der Waals surface area contributed by atoms with Gasteiger partial charge < -0.3 is 10.1 Å².